The molecule has 0 saturated carbocycles. The first-order valence-corrected chi connectivity index (χ1v) is 15.6. The van der Waals surface area contributed by atoms with Gasteiger partial charge in [0, 0.05) is 41.6 Å². The summed E-state index contributed by atoms with van der Waals surface area (Å²) in [5.41, 5.74) is 3.33. The number of carbonyl (C=O) groups excluding carboxylic acids is 1. The summed E-state index contributed by atoms with van der Waals surface area (Å²) in [6.45, 7) is 8.19. The monoisotopic (exact) mass is 507 g/mol. The van der Waals surface area contributed by atoms with Crippen LogP contribution >= 0.6 is 0 Å². The maximum absolute atomic E-state index is 15.0. The molecule has 0 fully saturated rings. The molecule has 6 heteroatoms. The van der Waals surface area contributed by atoms with Gasteiger partial charge in [0.15, 0.2) is 19.8 Å². The number of nitrogens with zero attached hydrogens (tertiary/aromatic N) is 1. The Bertz CT molecular complexity index is 1350. The molecule has 2 aromatic heterocycles. The molecule has 0 atom stereocenters. The van der Waals surface area contributed by atoms with Crippen molar-refractivity contribution in [2.45, 2.75) is 71.5 Å². The summed E-state index contributed by atoms with van der Waals surface area (Å²) in [5.74, 6) is -0.772. The molecule has 4 rings (SSSR count). The summed E-state index contributed by atoms with van der Waals surface area (Å²) in [5, 5.41) is 0.561. The fraction of sp³-hybridized carbons (Fsp3) is 0.367. The number of rotatable bonds is 11. The zero-order valence-corrected chi connectivity index (χ0v) is 22.7. The zero-order valence-electron chi connectivity index (χ0n) is 21.7. The molecule has 0 saturated heterocycles. The number of hydrogen-bond acceptors (Lipinski definition) is 2. The molecular weight excluding hydrogens is 472 g/mol. The number of ketones is 1. The van der Waals surface area contributed by atoms with Crippen molar-refractivity contribution in [3.8, 4) is 11.1 Å². The van der Waals surface area contributed by atoms with Gasteiger partial charge in [-0.2, -0.15) is 0 Å². The third-order valence-electron chi connectivity index (χ3n) is 7.14. The zero-order chi connectivity index (χ0) is 25.9. The third kappa shape index (κ3) is 5.10. The van der Waals surface area contributed by atoms with E-state index in [1.807, 2.05) is 6.07 Å². The number of Topliss-reactive ketones (excluding diaryl/α,β-unsaturated/α-hetero) is 1. The predicted octanol–water partition coefficient (Wildman–Crippen LogP) is 9.00. The van der Waals surface area contributed by atoms with E-state index in [9.17, 15) is 13.6 Å². The Morgan fingerprint density at radius 1 is 0.944 bits per heavy atom. The van der Waals surface area contributed by atoms with Crippen LogP contribution < -0.4 is 0 Å². The van der Waals surface area contributed by atoms with Crippen LogP contribution in [0.3, 0.4) is 0 Å². The molecule has 0 bridgehead atoms. The van der Waals surface area contributed by atoms with Gasteiger partial charge in [-0.1, -0.05) is 52.2 Å². The Morgan fingerprint density at radius 3 is 2.25 bits per heavy atom. The van der Waals surface area contributed by atoms with E-state index in [4.69, 9.17) is 4.42 Å². The highest BCUT2D eigenvalue weighted by Crippen LogP contribution is 2.38. The predicted molar refractivity (Wildman–Crippen MR) is 145 cm³/mol. The van der Waals surface area contributed by atoms with Crippen LogP contribution in [0.25, 0.3) is 22.1 Å². The first-order valence-electron chi connectivity index (χ1n) is 13.0. The molecule has 0 unspecified atom stereocenters. The van der Waals surface area contributed by atoms with Crippen LogP contribution in [0, 0.1) is 11.6 Å². The number of benzene rings is 2. The summed E-state index contributed by atoms with van der Waals surface area (Å²) < 4.78 is 37.4. The quantitative estimate of drug-likeness (QED) is 0.150. The highest BCUT2D eigenvalue weighted by molar-refractivity contribution is 6.78. The molecule has 0 N–H and O–H groups in total. The van der Waals surface area contributed by atoms with Crippen molar-refractivity contribution in [1.82, 2.24) is 4.23 Å². The number of aromatic nitrogens is 1. The van der Waals surface area contributed by atoms with E-state index in [-0.39, 0.29) is 29.6 Å². The van der Waals surface area contributed by atoms with Crippen molar-refractivity contribution in [1.29, 1.82) is 0 Å². The lowest BCUT2D eigenvalue weighted by atomic mass is 9.98. The standard InChI is InChI=1S/C30H35F2NO2Si/c1-5-13-36(14-6-2,15-7-3)33-12-11-23(20-33)26-18-25(32)19-28-27(29(21(4)34)35-30(26)28)17-22-9-8-10-24(31)16-22/h8-12,16,18-20H,5-7,13-15,17H2,1-4H3. The maximum atomic E-state index is 15.0. The molecule has 2 aromatic carbocycles. The van der Waals surface area contributed by atoms with Gasteiger partial charge in [-0.05, 0) is 60.2 Å². The van der Waals surface area contributed by atoms with E-state index >= 15 is 0 Å². The lowest BCUT2D eigenvalue weighted by Crippen LogP contribution is -2.42. The van der Waals surface area contributed by atoms with Crippen molar-refractivity contribution < 1.29 is 18.0 Å². The molecule has 36 heavy (non-hydrogen) atoms. The molecule has 0 aliphatic rings. The number of carbonyl (C=O) groups is 1. The van der Waals surface area contributed by atoms with Gasteiger partial charge in [0.2, 0.25) is 0 Å². The van der Waals surface area contributed by atoms with Crippen LogP contribution in [0.2, 0.25) is 18.1 Å². The lowest BCUT2D eigenvalue weighted by molar-refractivity contribution is 0.0988. The highest BCUT2D eigenvalue weighted by atomic mass is 28.3. The number of hydrogen-bond donors (Lipinski definition) is 0. The minimum atomic E-state index is -1.74. The lowest BCUT2D eigenvalue weighted by Gasteiger charge is -2.33. The highest BCUT2D eigenvalue weighted by Gasteiger charge is 2.33. The van der Waals surface area contributed by atoms with Gasteiger partial charge < -0.3 is 8.65 Å². The van der Waals surface area contributed by atoms with Crippen LogP contribution in [0.15, 0.2) is 59.3 Å². The minimum absolute atomic E-state index is 0.201. The second kappa shape index (κ2) is 11.0. The summed E-state index contributed by atoms with van der Waals surface area (Å²) in [6.07, 6.45) is 8.03. The first-order chi connectivity index (χ1) is 17.3. The van der Waals surface area contributed by atoms with E-state index < -0.39 is 8.24 Å². The SMILES string of the molecule is CCC[Si](CCC)(CCC)n1ccc(-c2cc(F)cc3c(Cc4cccc(F)c4)c(C(C)=O)oc23)c1. The van der Waals surface area contributed by atoms with E-state index in [0.717, 1.165) is 24.8 Å². The molecule has 2 heterocycles. The van der Waals surface area contributed by atoms with Gasteiger partial charge in [0.25, 0.3) is 0 Å². The van der Waals surface area contributed by atoms with Crippen LogP contribution in [0.1, 0.15) is 68.6 Å². The van der Waals surface area contributed by atoms with Crippen molar-refractivity contribution in [2.75, 3.05) is 0 Å². The van der Waals surface area contributed by atoms with Crippen molar-refractivity contribution in [3.05, 3.63) is 83.4 Å². The van der Waals surface area contributed by atoms with Gasteiger partial charge in [-0.15, -0.1) is 0 Å². The average molecular weight is 508 g/mol. The van der Waals surface area contributed by atoms with Gasteiger partial charge >= 0.3 is 0 Å². The van der Waals surface area contributed by atoms with Gasteiger partial charge in [-0.25, -0.2) is 8.78 Å². The Balaban J connectivity index is 1.86. The van der Waals surface area contributed by atoms with E-state index in [0.29, 0.717) is 27.7 Å². The molecule has 0 aliphatic carbocycles. The summed E-state index contributed by atoms with van der Waals surface area (Å²) in [7, 11) is -1.74. The summed E-state index contributed by atoms with van der Waals surface area (Å²) in [4.78, 5) is 12.5. The summed E-state index contributed by atoms with van der Waals surface area (Å²) in [6, 6.07) is 14.8. The van der Waals surface area contributed by atoms with Crippen LogP contribution in [-0.4, -0.2) is 18.3 Å². The Hall–Kier alpha value is -2.99. The second-order valence-corrected chi connectivity index (χ2v) is 14.3. The number of halogens is 2. The van der Waals surface area contributed by atoms with Crippen molar-refractivity contribution in [3.63, 3.8) is 0 Å². The van der Waals surface area contributed by atoms with Crippen molar-refractivity contribution >= 4 is 25.0 Å². The first kappa shape index (κ1) is 26.1. The van der Waals surface area contributed by atoms with E-state index in [1.54, 1.807) is 12.1 Å². The molecule has 0 aliphatic heterocycles. The topological polar surface area (TPSA) is 35.1 Å². The molecule has 0 amide bonds. The molecule has 190 valence electrons. The minimum Gasteiger partial charge on any atom is -0.452 e. The Labute approximate surface area is 213 Å². The maximum Gasteiger partial charge on any atom is 0.195 e. The van der Waals surface area contributed by atoms with E-state index in [2.05, 4.69) is 37.4 Å². The molecule has 0 spiro atoms. The summed E-state index contributed by atoms with van der Waals surface area (Å²) >= 11 is 0. The van der Waals surface area contributed by atoms with Gasteiger partial charge in [0.05, 0.1) is 0 Å². The molecule has 0 radical (unpaired) electrons. The average Bonchev–Trinajstić information content (AvgIpc) is 3.45. The van der Waals surface area contributed by atoms with Crippen molar-refractivity contribution in [2.24, 2.45) is 0 Å². The smallest absolute Gasteiger partial charge is 0.195 e. The molecular formula is C30H35F2NO2Si. The van der Waals surface area contributed by atoms with Crippen LogP contribution in [0.4, 0.5) is 8.78 Å². The largest absolute Gasteiger partial charge is 0.452 e. The van der Waals surface area contributed by atoms with Gasteiger partial charge in [-0.3, -0.25) is 4.79 Å². The van der Waals surface area contributed by atoms with Gasteiger partial charge in [0.1, 0.15) is 17.2 Å². The molecule has 4 aromatic rings. The second-order valence-electron chi connectivity index (χ2n) is 9.88. The third-order valence-corrected chi connectivity index (χ3v) is 12.8. The van der Waals surface area contributed by atoms with E-state index in [1.165, 1.54) is 49.3 Å². The fourth-order valence-corrected chi connectivity index (χ4v) is 10.9. The normalized spacial score (nSPS) is 11.9. The van der Waals surface area contributed by atoms with Crippen LogP contribution in [0.5, 0.6) is 0 Å². The Morgan fingerprint density at radius 2 is 1.64 bits per heavy atom. The number of furan rings is 1. The Kier molecular flexibility index (Phi) is 7.93. The molecule has 3 nitrogen and oxygen atoms in total. The fourth-order valence-electron chi connectivity index (χ4n) is 5.75. The number of fused-ring (bicyclic) bond motifs is 1. The van der Waals surface area contributed by atoms with Crippen LogP contribution in [-0.2, 0) is 6.42 Å².